The lowest BCUT2D eigenvalue weighted by atomic mass is 10.3. The number of aromatic nitrogens is 7. The summed E-state index contributed by atoms with van der Waals surface area (Å²) in [6.45, 7) is 0.658. The van der Waals surface area contributed by atoms with Crippen molar-refractivity contribution in [2.45, 2.75) is 13.0 Å². The molecule has 0 bridgehead atoms. The van der Waals surface area contributed by atoms with Gasteiger partial charge < -0.3 is 0 Å². The number of hydrogen-bond acceptors (Lipinski definition) is 5. The minimum Gasteiger partial charge on any atom is -0.298 e. The van der Waals surface area contributed by atoms with E-state index >= 15 is 0 Å². The zero-order valence-electron chi connectivity index (χ0n) is 10.9. The monoisotopic (exact) mass is 287 g/mol. The molecule has 0 unspecified atom stereocenters. The van der Waals surface area contributed by atoms with Gasteiger partial charge in [-0.1, -0.05) is 6.07 Å². The third-order valence-corrected chi connectivity index (χ3v) is 3.17. The van der Waals surface area contributed by atoms with Crippen molar-refractivity contribution < 1.29 is 0 Å². The van der Waals surface area contributed by atoms with Crippen LogP contribution in [-0.2, 0) is 20.0 Å². The molecule has 0 aromatic carbocycles. The van der Waals surface area contributed by atoms with E-state index in [0.29, 0.717) is 17.7 Å². The first-order valence-corrected chi connectivity index (χ1v) is 6.56. The third-order valence-electron chi connectivity index (χ3n) is 2.86. The van der Waals surface area contributed by atoms with Gasteiger partial charge in [-0.3, -0.25) is 19.3 Å². The standard InChI is InChI=1S/C12H13N7S/c1-18-8-14-10(17-18)5-7-19-11(15-16-12(19)20)9-4-2-3-6-13-9/h2-4,6,8H,5,7H2,1H3,(H,16,20). The maximum absolute atomic E-state index is 5.26. The number of nitrogens with one attached hydrogen (secondary N) is 1. The van der Waals surface area contributed by atoms with Crippen molar-refractivity contribution in [2.24, 2.45) is 7.05 Å². The Morgan fingerprint density at radius 2 is 2.20 bits per heavy atom. The molecule has 0 radical (unpaired) electrons. The molecule has 20 heavy (non-hydrogen) atoms. The highest BCUT2D eigenvalue weighted by molar-refractivity contribution is 7.71. The van der Waals surface area contributed by atoms with Crippen LogP contribution in [0.4, 0.5) is 0 Å². The van der Waals surface area contributed by atoms with Crippen molar-refractivity contribution >= 4 is 12.2 Å². The summed E-state index contributed by atoms with van der Waals surface area (Å²) < 4.78 is 4.17. The lowest BCUT2D eigenvalue weighted by Crippen LogP contribution is -2.06. The summed E-state index contributed by atoms with van der Waals surface area (Å²) in [6, 6.07) is 5.69. The molecule has 0 atom stereocenters. The molecule has 7 nitrogen and oxygen atoms in total. The number of aromatic amines is 1. The fraction of sp³-hybridized carbons (Fsp3) is 0.250. The molecule has 3 rings (SSSR count). The maximum Gasteiger partial charge on any atom is 0.195 e. The molecule has 0 spiro atoms. The van der Waals surface area contributed by atoms with E-state index in [1.54, 1.807) is 17.2 Å². The first kappa shape index (κ1) is 12.7. The van der Waals surface area contributed by atoms with Crippen molar-refractivity contribution in [1.82, 2.24) is 34.5 Å². The van der Waals surface area contributed by atoms with Crippen LogP contribution < -0.4 is 0 Å². The first-order chi connectivity index (χ1) is 9.74. The van der Waals surface area contributed by atoms with Gasteiger partial charge in [-0.2, -0.15) is 10.2 Å². The van der Waals surface area contributed by atoms with E-state index in [-0.39, 0.29) is 0 Å². The minimum atomic E-state index is 0.571. The fourth-order valence-corrected chi connectivity index (χ4v) is 2.15. The molecule has 3 aromatic rings. The van der Waals surface area contributed by atoms with Gasteiger partial charge >= 0.3 is 0 Å². The maximum atomic E-state index is 5.26. The largest absolute Gasteiger partial charge is 0.298 e. The second kappa shape index (κ2) is 5.33. The summed E-state index contributed by atoms with van der Waals surface area (Å²) in [7, 11) is 1.85. The molecule has 0 saturated heterocycles. The highest BCUT2D eigenvalue weighted by Gasteiger charge is 2.10. The van der Waals surface area contributed by atoms with Crippen LogP contribution in [0, 0.1) is 4.77 Å². The van der Waals surface area contributed by atoms with Crippen molar-refractivity contribution in [1.29, 1.82) is 0 Å². The van der Waals surface area contributed by atoms with E-state index in [9.17, 15) is 0 Å². The number of pyridine rings is 1. The zero-order chi connectivity index (χ0) is 13.9. The molecular weight excluding hydrogens is 274 g/mol. The first-order valence-electron chi connectivity index (χ1n) is 6.15. The second-order valence-corrected chi connectivity index (χ2v) is 4.69. The topological polar surface area (TPSA) is 77.2 Å². The fourth-order valence-electron chi connectivity index (χ4n) is 1.93. The smallest absolute Gasteiger partial charge is 0.195 e. The molecule has 3 heterocycles. The summed E-state index contributed by atoms with van der Waals surface area (Å²) in [5, 5.41) is 11.3. The van der Waals surface area contributed by atoms with Gasteiger partial charge in [0.1, 0.15) is 12.0 Å². The van der Waals surface area contributed by atoms with Crippen LogP contribution in [0.15, 0.2) is 30.7 Å². The van der Waals surface area contributed by atoms with Gasteiger partial charge in [-0.15, -0.1) is 0 Å². The highest BCUT2D eigenvalue weighted by atomic mass is 32.1. The van der Waals surface area contributed by atoms with Crippen molar-refractivity contribution in [3.63, 3.8) is 0 Å². The Balaban J connectivity index is 1.86. The van der Waals surface area contributed by atoms with Crippen LogP contribution in [0.2, 0.25) is 0 Å². The Morgan fingerprint density at radius 1 is 1.30 bits per heavy atom. The second-order valence-electron chi connectivity index (χ2n) is 4.30. The van der Waals surface area contributed by atoms with Gasteiger partial charge in [0.25, 0.3) is 0 Å². The lowest BCUT2D eigenvalue weighted by molar-refractivity contribution is 0.655. The number of nitrogens with zero attached hydrogens (tertiary/aromatic N) is 6. The summed E-state index contributed by atoms with van der Waals surface area (Å²) in [6.07, 6.45) is 4.11. The number of H-pyrrole nitrogens is 1. The van der Waals surface area contributed by atoms with Crippen LogP contribution in [-0.4, -0.2) is 34.5 Å². The average Bonchev–Trinajstić information content (AvgIpc) is 3.04. The third kappa shape index (κ3) is 2.50. The molecule has 0 amide bonds. The van der Waals surface area contributed by atoms with Gasteiger partial charge in [0.05, 0.1) is 0 Å². The normalized spacial score (nSPS) is 10.8. The molecule has 0 aliphatic rings. The molecule has 3 aromatic heterocycles. The van der Waals surface area contributed by atoms with E-state index in [4.69, 9.17) is 12.2 Å². The van der Waals surface area contributed by atoms with E-state index in [0.717, 1.165) is 17.3 Å². The molecule has 0 fully saturated rings. The van der Waals surface area contributed by atoms with E-state index in [1.807, 2.05) is 29.8 Å². The molecule has 0 saturated carbocycles. The number of hydrogen-bond donors (Lipinski definition) is 1. The van der Waals surface area contributed by atoms with Crippen LogP contribution in [0.25, 0.3) is 11.5 Å². The average molecular weight is 287 g/mol. The quantitative estimate of drug-likeness (QED) is 0.733. The van der Waals surface area contributed by atoms with Crippen molar-refractivity contribution in [3.05, 3.63) is 41.3 Å². The minimum absolute atomic E-state index is 0.571. The summed E-state index contributed by atoms with van der Waals surface area (Å²) in [4.78, 5) is 8.50. The predicted octanol–water partition coefficient (Wildman–Crippen LogP) is 1.37. The SMILES string of the molecule is Cn1cnc(CCn2c(-c3ccccn3)n[nH]c2=S)n1. The zero-order valence-corrected chi connectivity index (χ0v) is 11.7. The van der Waals surface area contributed by atoms with E-state index in [2.05, 4.69) is 25.3 Å². The van der Waals surface area contributed by atoms with Gasteiger partial charge in [-0.05, 0) is 24.4 Å². The Morgan fingerprint density at radius 3 is 2.90 bits per heavy atom. The van der Waals surface area contributed by atoms with Crippen molar-refractivity contribution in [2.75, 3.05) is 0 Å². The van der Waals surface area contributed by atoms with E-state index < -0.39 is 0 Å². The molecule has 0 aliphatic heterocycles. The Hall–Kier alpha value is -2.35. The Labute approximate surface area is 120 Å². The number of aryl methyl sites for hydroxylation is 2. The molecule has 102 valence electrons. The van der Waals surface area contributed by atoms with Crippen molar-refractivity contribution in [3.8, 4) is 11.5 Å². The van der Waals surface area contributed by atoms with Gasteiger partial charge in [0, 0.05) is 26.2 Å². The number of rotatable bonds is 4. The Bertz CT molecular complexity index is 755. The van der Waals surface area contributed by atoms with Gasteiger partial charge in [0.2, 0.25) is 0 Å². The molecule has 0 aliphatic carbocycles. The van der Waals surface area contributed by atoms with E-state index in [1.165, 1.54) is 0 Å². The molecule has 1 N–H and O–H groups in total. The lowest BCUT2D eigenvalue weighted by Gasteiger charge is -2.04. The van der Waals surface area contributed by atoms with Gasteiger partial charge in [-0.25, -0.2) is 4.98 Å². The summed E-state index contributed by atoms with van der Waals surface area (Å²) >= 11 is 5.26. The molecular formula is C12H13N7S. The van der Waals surface area contributed by atoms with Crippen LogP contribution in [0.5, 0.6) is 0 Å². The van der Waals surface area contributed by atoms with Crippen LogP contribution in [0.1, 0.15) is 5.82 Å². The highest BCUT2D eigenvalue weighted by Crippen LogP contribution is 2.14. The van der Waals surface area contributed by atoms with Gasteiger partial charge in [0.15, 0.2) is 16.4 Å². The Kier molecular flexibility index (Phi) is 3.38. The summed E-state index contributed by atoms with van der Waals surface area (Å²) in [5.41, 5.74) is 0.786. The van der Waals surface area contributed by atoms with Crippen LogP contribution in [0.3, 0.4) is 0 Å². The summed E-state index contributed by atoms with van der Waals surface area (Å²) in [5.74, 6) is 1.51. The molecule has 8 heteroatoms. The predicted molar refractivity (Wildman–Crippen MR) is 75.3 cm³/mol. The van der Waals surface area contributed by atoms with Crippen LogP contribution >= 0.6 is 12.2 Å².